The molecule has 2 rings (SSSR count). The second-order valence-electron chi connectivity index (χ2n) is 3.48. The molecule has 1 aromatic carbocycles. The molecule has 0 aromatic heterocycles. The summed E-state index contributed by atoms with van der Waals surface area (Å²) in [4.78, 5) is 0. The van der Waals surface area contributed by atoms with Gasteiger partial charge in [-0.15, -0.1) is 11.8 Å². The fraction of sp³-hybridized carbons (Fsp3) is 0.455. The average molecular weight is 241 g/mol. The number of phenolic OH excluding ortho intramolecular Hbond substituents is 1. The number of aromatic hydroxyl groups is 1. The zero-order chi connectivity index (χ0) is 11.5. The Morgan fingerprint density at radius 2 is 1.94 bits per heavy atom. The summed E-state index contributed by atoms with van der Waals surface area (Å²) in [5, 5.41) is 13.4. The molecule has 1 heterocycles. The maximum atomic E-state index is 9.78. The summed E-state index contributed by atoms with van der Waals surface area (Å²) in [6, 6.07) is 3.68. The van der Waals surface area contributed by atoms with Crippen molar-refractivity contribution in [2.45, 2.75) is 5.37 Å². The highest BCUT2D eigenvalue weighted by molar-refractivity contribution is 7.99. The summed E-state index contributed by atoms with van der Waals surface area (Å²) < 4.78 is 10.2. The lowest BCUT2D eigenvalue weighted by Crippen LogP contribution is -2.12. The van der Waals surface area contributed by atoms with Crippen molar-refractivity contribution >= 4 is 11.8 Å². The zero-order valence-electron chi connectivity index (χ0n) is 9.32. The van der Waals surface area contributed by atoms with Crippen LogP contribution in [0.4, 0.5) is 0 Å². The summed E-state index contributed by atoms with van der Waals surface area (Å²) in [6.45, 7) is 1.00. The van der Waals surface area contributed by atoms with Gasteiger partial charge in [-0.2, -0.15) is 0 Å². The Morgan fingerprint density at radius 1 is 1.31 bits per heavy atom. The smallest absolute Gasteiger partial charge is 0.200 e. The molecule has 1 aliphatic heterocycles. The van der Waals surface area contributed by atoms with Crippen LogP contribution in [0.3, 0.4) is 0 Å². The second kappa shape index (κ2) is 4.84. The van der Waals surface area contributed by atoms with E-state index in [0.717, 1.165) is 17.9 Å². The summed E-state index contributed by atoms with van der Waals surface area (Å²) in [7, 11) is 3.07. The van der Waals surface area contributed by atoms with E-state index in [2.05, 4.69) is 5.32 Å². The van der Waals surface area contributed by atoms with Crippen LogP contribution < -0.4 is 14.8 Å². The normalized spacial score (nSPS) is 19.8. The molecule has 0 saturated carbocycles. The zero-order valence-corrected chi connectivity index (χ0v) is 10.1. The van der Waals surface area contributed by atoms with E-state index in [0.29, 0.717) is 11.5 Å². The number of methoxy groups -OCH3 is 2. The molecule has 1 aromatic rings. The number of nitrogens with one attached hydrogen (secondary N) is 1. The number of phenols is 1. The highest BCUT2D eigenvalue weighted by Crippen LogP contribution is 2.41. The molecule has 0 aliphatic carbocycles. The largest absolute Gasteiger partial charge is 0.502 e. The first kappa shape index (κ1) is 11.4. The molecule has 1 saturated heterocycles. The van der Waals surface area contributed by atoms with Gasteiger partial charge in [0.1, 0.15) is 0 Å². The van der Waals surface area contributed by atoms with Crippen LogP contribution in [0.1, 0.15) is 10.9 Å². The van der Waals surface area contributed by atoms with Gasteiger partial charge in [0.15, 0.2) is 11.5 Å². The van der Waals surface area contributed by atoms with Gasteiger partial charge in [0.2, 0.25) is 5.75 Å². The molecular weight excluding hydrogens is 226 g/mol. The minimum absolute atomic E-state index is 0.0525. The predicted molar refractivity (Wildman–Crippen MR) is 64.4 cm³/mol. The topological polar surface area (TPSA) is 50.7 Å². The van der Waals surface area contributed by atoms with Crippen molar-refractivity contribution in [3.63, 3.8) is 0 Å². The number of ether oxygens (including phenoxy) is 2. The Balaban J connectivity index is 2.37. The SMILES string of the molecule is COc1cc([C@@H]2NCCS2)cc(OC)c1O. The van der Waals surface area contributed by atoms with E-state index in [4.69, 9.17) is 9.47 Å². The van der Waals surface area contributed by atoms with Crippen molar-refractivity contribution < 1.29 is 14.6 Å². The van der Waals surface area contributed by atoms with Gasteiger partial charge in [0.05, 0.1) is 19.6 Å². The van der Waals surface area contributed by atoms with E-state index < -0.39 is 0 Å². The summed E-state index contributed by atoms with van der Waals surface area (Å²) >= 11 is 1.84. The molecule has 0 unspecified atom stereocenters. The number of hydrogen-bond acceptors (Lipinski definition) is 5. The molecule has 1 fully saturated rings. The van der Waals surface area contributed by atoms with E-state index in [-0.39, 0.29) is 11.1 Å². The number of thioether (sulfide) groups is 1. The van der Waals surface area contributed by atoms with Gasteiger partial charge in [0.25, 0.3) is 0 Å². The van der Waals surface area contributed by atoms with E-state index in [1.165, 1.54) is 14.2 Å². The van der Waals surface area contributed by atoms with Crippen LogP contribution in [0.15, 0.2) is 12.1 Å². The molecule has 2 N–H and O–H groups in total. The maximum absolute atomic E-state index is 9.78. The third kappa shape index (κ3) is 2.05. The van der Waals surface area contributed by atoms with E-state index in [1.54, 1.807) is 0 Å². The van der Waals surface area contributed by atoms with Crippen LogP contribution in [0, 0.1) is 0 Å². The lowest BCUT2D eigenvalue weighted by Gasteiger charge is -2.14. The maximum Gasteiger partial charge on any atom is 0.200 e. The Hall–Kier alpha value is -1.07. The summed E-state index contributed by atoms with van der Waals surface area (Å²) in [5.74, 6) is 2.04. The van der Waals surface area contributed by atoms with Gasteiger partial charge in [-0.3, -0.25) is 0 Å². The lowest BCUT2D eigenvalue weighted by molar-refractivity contribution is 0.339. The number of benzene rings is 1. The lowest BCUT2D eigenvalue weighted by atomic mass is 10.1. The van der Waals surface area contributed by atoms with Crippen molar-refractivity contribution in [1.29, 1.82) is 0 Å². The molecule has 1 atom stereocenters. The van der Waals surface area contributed by atoms with E-state index >= 15 is 0 Å². The van der Waals surface area contributed by atoms with Crippen molar-refractivity contribution in [3.8, 4) is 17.2 Å². The van der Waals surface area contributed by atoms with Gasteiger partial charge in [-0.1, -0.05) is 0 Å². The molecule has 5 heteroatoms. The van der Waals surface area contributed by atoms with Crippen LogP contribution in [-0.4, -0.2) is 31.6 Å². The third-order valence-corrected chi connectivity index (χ3v) is 3.73. The van der Waals surface area contributed by atoms with Gasteiger partial charge in [-0.05, 0) is 17.7 Å². The first-order chi connectivity index (χ1) is 7.76. The second-order valence-corrected chi connectivity index (χ2v) is 4.69. The fourth-order valence-corrected chi connectivity index (χ4v) is 2.74. The van der Waals surface area contributed by atoms with E-state index in [1.807, 2.05) is 23.9 Å². The minimum atomic E-state index is 0.0525. The average Bonchev–Trinajstić information content (AvgIpc) is 2.83. The van der Waals surface area contributed by atoms with Gasteiger partial charge in [-0.25, -0.2) is 0 Å². The fourth-order valence-electron chi connectivity index (χ4n) is 1.70. The molecule has 0 radical (unpaired) electrons. The van der Waals surface area contributed by atoms with Crippen molar-refractivity contribution in [3.05, 3.63) is 17.7 Å². The van der Waals surface area contributed by atoms with Crippen LogP contribution in [0.5, 0.6) is 17.2 Å². The highest BCUT2D eigenvalue weighted by atomic mass is 32.2. The first-order valence-corrected chi connectivity index (χ1v) is 6.11. The number of hydrogen-bond donors (Lipinski definition) is 2. The first-order valence-electron chi connectivity index (χ1n) is 5.06. The van der Waals surface area contributed by atoms with Gasteiger partial charge < -0.3 is 19.9 Å². The summed E-state index contributed by atoms with van der Waals surface area (Å²) in [6.07, 6.45) is 0. The van der Waals surface area contributed by atoms with Crippen LogP contribution >= 0.6 is 11.8 Å². The van der Waals surface area contributed by atoms with Gasteiger partial charge >= 0.3 is 0 Å². The minimum Gasteiger partial charge on any atom is -0.502 e. The molecule has 4 nitrogen and oxygen atoms in total. The highest BCUT2D eigenvalue weighted by Gasteiger charge is 2.20. The Labute approximate surface area is 98.9 Å². The molecule has 0 bridgehead atoms. The van der Waals surface area contributed by atoms with Crippen LogP contribution in [0.25, 0.3) is 0 Å². The molecule has 88 valence electrons. The van der Waals surface area contributed by atoms with Crippen molar-refractivity contribution in [2.24, 2.45) is 0 Å². The Morgan fingerprint density at radius 3 is 2.38 bits per heavy atom. The van der Waals surface area contributed by atoms with Crippen molar-refractivity contribution in [1.82, 2.24) is 5.32 Å². The van der Waals surface area contributed by atoms with E-state index in [9.17, 15) is 5.11 Å². The number of rotatable bonds is 3. The van der Waals surface area contributed by atoms with Crippen LogP contribution in [0.2, 0.25) is 0 Å². The molecule has 1 aliphatic rings. The monoisotopic (exact) mass is 241 g/mol. The quantitative estimate of drug-likeness (QED) is 0.844. The molecule has 16 heavy (non-hydrogen) atoms. The van der Waals surface area contributed by atoms with Crippen molar-refractivity contribution in [2.75, 3.05) is 26.5 Å². The standard InChI is InChI=1S/C11H15NO3S/c1-14-8-5-7(11-12-3-4-16-11)6-9(15-2)10(8)13/h5-6,11-13H,3-4H2,1-2H3/t11-/m1/s1. The third-order valence-electron chi connectivity index (χ3n) is 2.52. The molecule has 0 amide bonds. The summed E-state index contributed by atoms with van der Waals surface area (Å²) in [5.41, 5.74) is 1.06. The Bertz CT molecular complexity index is 352. The molecular formula is C11H15NO3S. The van der Waals surface area contributed by atoms with Gasteiger partial charge in [0, 0.05) is 12.3 Å². The van der Waals surface area contributed by atoms with Crippen LogP contribution in [-0.2, 0) is 0 Å². The molecule has 0 spiro atoms. The Kier molecular flexibility index (Phi) is 3.46. The predicted octanol–water partition coefficient (Wildman–Crippen LogP) is 1.74.